The smallest absolute Gasteiger partial charge is 0.191 e. The number of hydrogen-bond donors (Lipinski definition) is 0. The fraction of sp³-hybridized carbons (Fsp3) is 0.409. The number of rotatable bonds is 6. The van der Waals surface area contributed by atoms with Gasteiger partial charge < -0.3 is 4.48 Å². The Morgan fingerprint density at radius 3 is 2.12 bits per heavy atom. The quantitative estimate of drug-likeness (QED) is 0.651. The first-order chi connectivity index (χ1) is 11.6. The number of aryl methyl sites for hydroxylation is 2. The van der Waals surface area contributed by atoms with E-state index in [0.717, 1.165) is 24.1 Å². The zero-order valence-electron chi connectivity index (χ0n) is 15.5. The summed E-state index contributed by atoms with van der Waals surface area (Å²) in [4.78, 5) is 12.9. The largest absolute Gasteiger partial charge is 0.314 e. The van der Waals surface area contributed by atoms with Crippen molar-refractivity contribution < 1.29 is 42.0 Å². The van der Waals surface area contributed by atoms with Gasteiger partial charge >= 0.3 is 0 Å². The summed E-state index contributed by atoms with van der Waals surface area (Å²) in [5.74, 6) is 0.380. The molecule has 0 N–H and O–H groups in total. The van der Waals surface area contributed by atoms with Crippen molar-refractivity contribution in [2.75, 3.05) is 19.6 Å². The standard InChI is InChI=1S/C22H28NO.Y/c1-18-9-8-10-19(2)22(18)15-21(24)17-23(13-6-7-14-23)16-20-11-4-3-5-12-20;/h3-5,8-12H,6-7,13-17H2,1-2H3;/q+1;. The number of ketones is 1. The number of likely N-dealkylation sites (tertiary alicyclic amines) is 1. The SMILES string of the molecule is Cc1cccc(C)c1CC(=O)C[N+]1(Cc2ccccc2)CCCC1.[Y]. The molecular formula is C22H28NOY+. The summed E-state index contributed by atoms with van der Waals surface area (Å²) in [6.45, 7) is 8.14. The minimum atomic E-state index is 0. The first-order valence-corrected chi connectivity index (χ1v) is 9.04. The number of Topliss-reactive ketones (excluding diaryl/α,β-unsaturated/α-hetero) is 1. The zero-order chi connectivity index (χ0) is 17.0. The molecule has 0 spiro atoms. The third-order valence-electron chi connectivity index (χ3n) is 5.41. The minimum Gasteiger partial charge on any atom is -0.314 e. The van der Waals surface area contributed by atoms with Crippen LogP contribution >= 0.6 is 0 Å². The third kappa shape index (κ3) is 5.32. The van der Waals surface area contributed by atoms with E-state index < -0.39 is 0 Å². The van der Waals surface area contributed by atoms with Gasteiger partial charge in [-0.15, -0.1) is 0 Å². The summed E-state index contributed by atoms with van der Waals surface area (Å²) in [6.07, 6.45) is 3.06. The van der Waals surface area contributed by atoms with Crippen LogP contribution in [0.25, 0.3) is 0 Å². The molecule has 0 bridgehead atoms. The maximum atomic E-state index is 12.9. The number of quaternary nitrogens is 1. The van der Waals surface area contributed by atoms with E-state index in [1.165, 1.54) is 35.1 Å². The molecule has 1 aliphatic rings. The molecule has 129 valence electrons. The number of carbonyl (C=O) groups excluding carboxylic acids is 1. The topological polar surface area (TPSA) is 17.1 Å². The Balaban J connectivity index is 0.00000225. The van der Waals surface area contributed by atoms with Gasteiger partial charge in [0, 0.05) is 57.5 Å². The molecule has 2 nitrogen and oxygen atoms in total. The Kier molecular flexibility index (Phi) is 7.55. The third-order valence-corrected chi connectivity index (χ3v) is 5.41. The molecule has 2 aromatic carbocycles. The van der Waals surface area contributed by atoms with Crippen LogP contribution < -0.4 is 0 Å². The predicted molar refractivity (Wildman–Crippen MR) is 98.9 cm³/mol. The Morgan fingerprint density at radius 2 is 1.52 bits per heavy atom. The zero-order valence-corrected chi connectivity index (χ0v) is 18.3. The van der Waals surface area contributed by atoms with Gasteiger partial charge in [-0.1, -0.05) is 48.5 Å². The monoisotopic (exact) mass is 411 g/mol. The Hall–Kier alpha value is -0.826. The van der Waals surface area contributed by atoms with Gasteiger partial charge in [0.25, 0.3) is 0 Å². The number of nitrogens with zero attached hydrogens (tertiary/aromatic N) is 1. The summed E-state index contributed by atoms with van der Waals surface area (Å²) in [7, 11) is 0. The normalized spacial score (nSPS) is 15.6. The van der Waals surface area contributed by atoms with E-state index in [1.54, 1.807) is 0 Å². The van der Waals surface area contributed by atoms with Crippen molar-refractivity contribution >= 4 is 5.78 Å². The van der Waals surface area contributed by atoms with Gasteiger partial charge in [0.05, 0.1) is 13.1 Å². The molecule has 1 fully saturated rings. The second-order valence-corrected chi connectivity index (χ2v) is 7.38. The van der Waals surface area contributed by atoms with Crippen LogP contribution in [-0.2, 0) is 50.5 Å². The van der Waals surface area contributed by atoms with Crippen LogP contribution in [0, 0.1) is 13.8 Å². The first-order valence-electron chi connectivity index (χ1n) is 9.04. The second-order valence-electron chi connectivity index (χ2n) is 7.38. The van der Waals surface area contributed by atoms with Crippen molar-refractivity contribution in [3.05, 3.63) is 70.8 Å². The summed E-state index contributed by atoms with van der Waals surface area (Å²) in [5.41, 5.74) is 5.04. The van der Waals surface area contributed by atoms with Crippen LogP contribution in [0.15, 0.2) is 48.5 Å². The summed E-state index contributed by atoms with van der Waals surface area (Å²) in [5, 5.41) is 0. The van der Waals surface area contributed by atoms with Crippen molar-refractivity contribution in [1.29, 1.82) is 0 Å². The van der Waals surface area contributed by atoms with Crippen LogP contribution in [0.1, 0.15) is 35.1 Å². The second kappa shape index (κ2) is 9.21. The van der Waals surface area contributed by atoms with E-state index in [2.05, 4.69) is 62.4 Å². The molecule has 0 aliphatic carbocycles. The molecule has 1 radical (unpaired) electrons. The number of hydrogen-bond acceptors (Lipinski definition) is 1. The van der Waals surface area contributed by atoms with Crippen LogP contribution in [-0.4, -0.2) is 29.9 Å². The molecule has 0 atom stereocenters. The minimum absolute atomic E-state index is 0. The maximum absolute atomic E-state index is 12.9. The molecule has 1 aliphatic heterocycles. The summed E-state index contributed by atoms with van der Waals surface area (Å²) < 4.78 is 0.938. The van der Waals surface area contributed by atoms with Crippen molar-refractivity contribution in [3.63, 3.8) is 0 Å². The molecule has 1 saturated heterocycles. The molecular weight excluding hydrogens is 383 g/mol. The van der Waals surface area contributed by atoms with E-state index in [0.29, 0.717) is 18.7 Å². The Morgan fingerprint density at radius 1 is 0.920 bits per heavy atom. The fourth-order valence-corrected chi connectivity index (χ4v) is 4.10. The van der Waals surface area contributed by atoms with Crippen LogP contribution in [0.4, 0.5) is 0 Å². The molecule has 3 heteroatoms. The average molecular weight is 411 g/mol. The maximum Gasteiger partial charge on any atom is 0.191 e. The molecule has 2 aromatic rings. The summed E-state index contributed by atoms with van der Waals surface area (Å²) >= 11 is 0. The van der Waals surface area contributed by atoms with Gasteiger partial charge in [0.2, 0.25) is 0 Å². The van der Waals surface area contributed by atoms with Crippen molar-refractivity contribution in [1.82, 2.24) is 0 Å². The molecule has 25 heavy (non-hydrogen) atoms. The van der Waals surface area contributed by atoms with Crippen LogP contribution in [0.2, 0.25) is 0 Å². The van der Waals surface area contributed by atoms with E-state index in [1.807, 2.05) is 0 Å². The van der Waals surface area contributed by atoms with Crippen LogP contribution in [0.3, 0.4) is 0 Å². The Bertz CT molecular complexity index is 685. The van der Waals surface area contributed by atoms with Crippen molar-refractivity contribution in [2.24, 2.45) is 0 Å². The van der Waals surface area contributed by atoms with Gasteiger partial charge in [0.1, 0.15) is 13.1 Å². The molecule has 3 rings (SSSR count). The molecule has 0 saturated carbocycles. The average Bonchev–Trinajstić information content (AvgIpc) is 3.00. The molecule has 0 unspecified atom stereocenters. The molecule has 0 aromatic heterocycles. The van der Waals surface area contributed by atoms with E-state index in [4.69, 9.17) is 0 Å². The van der Waals surface area contributed by atoms with E-state index >= 15 is 0 Å². The number of carbonyl (C=O) groups is 1. The number of benzene rings is 2. The Labute approximate surface area is 177 Å². The van der Waals surface area contributed by atoms with Gasteiger partial charge in [0.15, 0.2) is 5.78 Å². The van der Waals surface area contributed by atoms with Gasteiger partial charge in [-0.3, -0.25) is 4.79 Å². The molecule has 0 amide bonds. The van der Waals surface area contributed by atoms with Crippen LogP contribution in [0.5, 0.6) is 0 Å². The van der Waals surface area contributed by atoms with Gasteiger partial charge in [-0.05, 0) is 30.5 Å². The molecule has 1 heterocycles. The van der Waals surface area contributed by atoms with E-state index in [9.17, 15) is 4.79 Å². The fourth-order valence-electron chi connectivity index (χ4n) is 4.10. The van der Waals surface area contributed by atoms with Gasteiger partial charge in [-0.2, -0.15) is 0 Å². The van der Waals surface area contributed by atoms with Gasteiger partial charge in [-0.25, -0.2) is 0 Å². The van der Waals surface area contributed by atoms with E-state index in [-0.39, 0.29) is 32.7 Å². The van der Waals surface area contributed by atoms with Crippen molar-refractivity contribution in [2.45, 2.75) is 39.7 Å². The van der Waals surface area contributed by atoms with Crippen molar-refractivity contribution in [3.8, 4) is 0 Å². The summed E-state index contributed by atoms with van der Waals surface area (Å²) in [6, 6.07) is 16.9. The predicted octanol–water partition coefficient (Wildman–Crippen LogP) is 4.22. The first kappa shape index (κ1) is 20.5.